The van der Waals surface area contributed by atoms with Crippen LogP contribution in [-0.2, 0) is 9.53 Å². The highest BCUT2D eigenvalue weighted by molar-refractivity contribution is 5.82. The van der Waals surface area contributed by atoms with Crippen molar-refractivity contribution >= 4 is 5.97 Å². The lowest BCUT2D eigenvalue weighted by atomic mass is 9.96. The molecule has 4 nitrogen and oxygen atoms in total. The summed E-state index contributed by atoms with van der Waals surface area (Å²) in [5, 5.41) is 19.8. The van der Waals surface area contributed by atoms with Crippen LogP contribution in [0.1, 0.15) is 46.5 Å². The van der Waals surface area contributed by atoms with E-state index >= 15 is 0 Å². The average molecular weight is 280 g/mol. The Morgan fingerprint density at radius 1 is 1.40 bits per heavy atom. The Balaban J connectivity index is 2.81. The van der Waals surface area contributed by atoms with Gasteiger partial charge in [-0.1, -0.05) is 12.8 Å². The summed E-state index contributed by atoms with van der Waals surface area (Å²) in [5.41, 5.74) is -1.15. The van der Waals surface area contributed by atoms with Crippen LogP contribution in [0.5, 0.6) is 0 Å². The first-order valence-electron chi connectivity index (χ1n) is 7.09. The molecule has 0 aromatic carbocycles. The molecule has 0 aromatic rings. The third kappa shape index (κ3) is 6.23. The minimum atomic E-state index is -1.15. The normalized spacial score (nSPS) is 38.0. The average Bonchev–Trinajstić information content (AvgIpc) is 2.38. The number of esters is 1. The van der Waals surface area contributed by atoms with Gasteiger partial charge in [0, 0.05) is 12.5 Å². The Hall–Kier alpha value is -1.31. The Bertz CT molecular complexity index is 414. The second kappa shape index (κ2) is 7.47. The van der Waals surface area contributed by atoms with Crippen LogP contribution in [0, 0.1) is 17.8 Å². The van der Waals surface area contributed by atoms with Crippen molar-refractivity contribution in [2.24, 2.45) is 5.92 Å². The van der Waals surface area contributed by atoms with Gasteiger partial charge in [-0.15, -0.1) is 5.92 Å². The highest BCUT2D eigenvalue weighted by atomic mass is 16.5. The van der Waals surface area contributed by atoms with Gasteiger partial charge in [-0.2, -0.15) is 0 Å². The van der Waals surface area contributed by atoms with E-state index in [4.69, 9.17) is 4.74 Å². The smallest absolute Gasteiger partial charge is 0.330 e. The molecule has 1 aliphatic heterocycles. The zero-order chi connectivity index (χ0) is 15.2. The standard InChI is InChI=1S/C16H24O4/c1-12-6-4-5-7-14(17)8-10-16(3,19)11-9-15(18)20-13(12)2/h9,11-14,17,19H,4,6,8,10H2,1-3H3/b11-9+/t12-,13+,14+,16+/m0/s1. The van der Waals surface area contributed by atoms with Crippen LogP contribution in [0.4, 0.5) is 0 Å². The lowest BCUT2D eigenvalue weighted by molar-refractivity contribution is -0.144. The Kier molecular flexibility index (Phi) is 6.25. The van der Waals surface area contributed by atoms with Crippen molar-refractivity contribution in [3.05, 3.63) is 12.2 Å². The second-order valence-electron chi connectivity index (χ2n) is 5.72. The molecule has 0 aromatic heterocycles. The van der Waals surface area contributed by atoms with Gasteiger partial charge in [-0.3, -0.25) is 0 Å². The summed E-state index contributed by atoms with van der Waals surface area (Å²) >= 11 is 0. The van der Waals surface area contributed by atoms with Gasteiger partial charge in [0.05, 0.1) is 5.60 Å². The number of aliphatic hydroxyl groups is 2. The molecule has 0 unspecified atom stereocenters. The molecule has 4 heteroatoms. The molecule has 112 valence electrons. The maximum atomic E-state index is 11.7. The van der Waals surface area contributed by atoms with Gasteiger partial charge in [-0.25, -0.2) is 4.79 Å². The van der Waals surface area contributed by atoms with Gasteiger partial charge in [0.1, 0.15) is 12.2 Å². The third-order valence-corrected chi connectivity index (χ3v) is 3.60. The summed E-state index contributed by atoms with van der Waals surface area (Å²) < 4.78 is 5.29. The predicted octanol–water partition coefficient (Wildman–Crippen LogP) is 1.80. The van der Waals surface area contributed by atoms with Crippen molar-refractivity contribution in [2.45, 2.75) is 64.3 Å². The van der Waals surface area contributed by atoms with E-state index in [1.165, 1.54) is 12.2 Å². The van der Waals surface area contributed by atoms with E-state index in [0.29, 0.717) is 19.3 Å². The molecule has 0 saturated heterocycles. The summed E-state index contributed by atoms with van der Waals surface area (Å²) in [6.07, 6.45) is 3.90. The van der Waals surface area contributed by atoms with Crippen molar-refractivity contribution in [3.8, 4) is 11.8 Å². The molecule has 2 N–H and O–H groups in total. The Morgan fingerprint density at radius 2 is 2.10 bits per heavy atom. The maximum Gasteiger partial charge on any atom is 0.330 e. The van der Waals surface area contributed by atoms with Crippen LogP contribution in [0.2, 0.25) is 0 Å². The van der Waals surface area contributed by atoms with E-state index in [0.717, 1.165) is 6.42 Å². The van der Waals surface area contributed by atoms with Crippen LogP contribution in [0.3, 0.4) is 0 Å². The van der Waals surface area contributed by atoms with Crippen LogP contribution >= 0.6 is 0 Å². The molecular weight excluding hydrogens is 256 g/mol. The SMILES string of the molecule is C[C@H]1CCC#C[C@@H](O)CC[C@@](C)(O)/C=C/C(=O)O[C@@H]1C. The lowest BCUT2D eigenvalue weighted by Crippen LogP contribution is -2.25. The number of cyclic esters (lactones) is 1. The van der Waals surface area contributed by atoms with E-state index in [9.17, 15) is 15.0 Å². The third-order valence-electron chi connectivity index (χ3n) is 3.60. The fourth-order valence-electron chi connectivity index (χ4n) is 1.90. The molecule has 0 bridgehead atoms. The van der Waals surface area contributed by atoms with E-state index in [-0.39, 0.29) is 12.0 Å². The monoisotopic (exact) mass is 280 g/mol. The van der Waals surface area contributed by atoms with Gasteiger partial charge in [0.25, 0.3) is 0 Å². The zero-order valence-electron chi connectivity index (χ0n) is 12.4. The quantitative estimate of drug-likeness (QED) is 0.524. The molecule has 1 rings (SSSR count). The van der Waals surface area contributed by atoms with Crippen LogP contribution in [0.15, 0.2) is 12.2 Å². The van der Waals surface area contributed by atoms with Crippen molar-refractivity contribution in [1.29, 1.82) is 0 Å². The zero-order valence-corrected chi connectivity index (χ0v) is 12.4. The number of ether oxygens (including phenoxy) is 1. The van der Waals surface area contributed by atoms with E-state index in [1.807, 2.05) is 13.8 Å². The Morgan fingerprint density at radius 3 is 2.80 bits per heavy atom. The first kappa shape index (κ1) is 16.7. The van der Waals surface area contributed by atoms with Crippen molar-refractivity contribution in [1.82, 2.24) is 0 Å². The fraction of sp³-hybridized carbons (Fsp3) is 0.688. The van der Waals surface area contributed by atoms with Gasteiger partial charge in [0.15, 0.2) is 0 Å². The molecule has 0 radical (unpaired) electrons. The summed E-state index contributed by atoms with van der Waals surface area (Å²) in [6, 6.07) is 0. The first-order chi connectivity index (χ1) is 9.30. The molecule has 0 spiro atoms. The number of rotatable bonds is 0. The van der Waals surface area contributed by atoms with E-state index < -0.39 is 17.7 Å². The molecule has 0 saturated carbocycles. The van der Waals surface area contributed by atoms with E-state index in [2.05, 4.69) is 11.8 Å². The number of aliphatic hydroxyl groups excluding tert-OH is 1. The molecular formula is C16H24O4. The van der Waals surface area contributed by atoms with Crippen molar-refractivity contribution < 1.29 is 19.7 Å². The highest BCUT2D eigenvalue weighted by Crippen LogP contribution is 2.17. The highest BCUT2D eigenvalue weighted by Gasteiger charge is 2.20. The molecule has 0 aliphatic carbocycles. The van der Waals surface area contributed by atoms with Crippen LogP contribution in [0.25, 0.3) is 0 Å². The molecule has 0 fully saturated rings. The van der Waals surface area contributed by atoms with Gasteiger partial charge < -0.3 is 14.9 Å². The van der Waals surface area contributed by atoms with Crippen molar-refractivity contribution in [2.75, 3.05) is 0 Å². The predicted molar refractivity (Wildman–Crippen MR) is 76.7 cm³/mol. The first-order valence-corrected chi connectivity index (χ1v) is 7.09. The maximum absolute atomic E-state index is 11.7. The lowest BCUT2D eigenvalue weighted by Gasteiger charge is -2.21. The minimum absolute atomic E-state index is 0.197. The minimum Gasteiger partial charge on any atom is -0.459 e. The topological polar surface area (TPSA) is 66.8 Å². The number of hydrogen-bond donors (Lipinski definition) is 2. The number of carbonyl (C=O) groups excluding carboxylic acids is 1. The summed E-state index contributed by atoms with van der Waals surface area (Å²) in [4.78, 5) is 11.7. The molecule has 0 amide bonds. The molecule has 1 aliphatic rings. The van der Waals surface area contributed by atoms with Gasteiger partial charge >= 0.3 is 5.97 Å². The number of hydrogen-bond acceptors (Lipinski definition) is 4. The number of carbonyl (C=O) groups is 1. The van der Waals surface area contributed by atoms with E-state index in [1.54, 1.807) is 6.92 Å². The van der Waals surface area contributed by atoms with Crippen LogP contribution < -0.4 is 0 Å². The summed E-state index contributed by atoms with van der Waals surface area (Å²) in [5.74, 6) is 5.47. The molecule has 20 heavy (non-hydrogen) atoms. The fourth-order valence-corrected chi connectivity index (χ4v) is 1.90. The Labute approximate surface area is 120 Å². The van der Waals surface area contributed by atoms with Gasteiger partial charge in [-0.05, 0) is 45.1 Å². The summed E-state index contributed by atoms with van der Waals surface area (Å²) in [6.45, 7) is 5.44. The van der Waals surface area contributed by atoms with Crippen LogP contribution in [-0.4, -0.2) is 34.0 Å². The van der Waals surface area contributed by atoms with Gasteiger partial charge in [0.2, 0.25) is 0 Å². The summed E-state index contributed by atoms with van der Waals surface area (Å²) in [7, 11) is 0. The van der Waals surface area contributed by atoms with Crippen molar-refractivity contribution in [3.63, 3.8) is 0 Å². The second-order valence-corrected chi connectivity index (χ2v) is 5.72. The molecule has 1 heterocycles. The molecule has 4 atom stereocenters. The largest absolute Gasteiger partial charge is 0.459 e.